The molecule has 0 aliphatic rings. The van der Waals surface area contributed by atoms with Gasteiger partial charge in [-0.15, -0.1) is 0 Å². The van der Waals surface area contributed by atoms with Gasteiger partial charge in [-0.3, -0.25) is 4.79 Å². The van der Waals surface area contributed by atoms with Crippen molar-refractivity contribution in [2.75, 3.05) is 7.11 Å². The van der Waals surface area contributed by atoms with Crippen molar-refractivity contribution in [1.82, 2.24) is 4.72 Å². The third kappa shape index (κ3) is 5.02. The van der Waals surface area contributed by atoms with Gasteiger partial charge in [0, 0.05) is 12.1 Å². The van der Waals surface area contributed by atoms with E-state index in [0.717, 1.165) is 0 Å². The molecular weight excluding hydrogens is 294 g/mol. The molecule has 0 aliphatic carbocycles. The largest absolute Gasteiger partial charge is 0.497 e. The van der Waals surface area contributed by atoms with Crippen molar-refractivity contribution in [2.24, 2.45) is 5.41 Å². The van der Waals surface area contributed by atoms with Crippen LogP contribution in [0, 0.1) is 5.41 Å². The van der Waals surface area contributed by atoms with Gasteiger partial charge in [-0.25, -0.2) is 13.1 Å². The Hall–Kier alpha value is -1.60. The fourth-order valence-electron chi connectivity index (χ4n) is 1.72. The van der Waals surface area contributed by atoms with Crippen LogP contribution < -0.4 is 9.46 Å². The second kappa shape index (κ2) is 6.44. The topological polar surface area (TPSA) is 92.7 Å². The SMILES string of the molecule is COc1cccc(S(=O)(=O)NC(CC(=O)O)C(C)(C)C)c1. The molecule has 0 amide bonds. The molecule has 0 aromatic heterocycles. The van der Waals surface area contributed by atoms with Crippen LogP contribution in [0.3, 0.4) is 0 Å². The number of carboxylic acid groups (broad SMARTS) is 1. The van der Waals surface area contributed by atoms with Crippen molar-refractivity contribution in [2.45, 2.75) is 38.1 Å². The van der Waals surface area contributed by atoms with E-state index >= 15 is 0 Å². The van der Waals surface area contributed by atoms with Crippen molar-refractivity contribution < 1.29 is 23.1 Å². The van der Waals surface area contributed by atoms with Crippen LogP contribution in [0.4, 0.5) is 0 Å². The van der Waals surface area contributed by atoms with Crippen LogP contribution in [0.25, 0.3) is 0 Å². The lowest BCUT2D eigenvalue weighted by Crippen LogP contribution is -2.44. The summed E-state index contributed by atoms with van der Waals surface area (Å²) in [6.07, 6.45) is -0.285. The number of hydrogen-bond donors (Lipinski definition) is 2. The first kappa shape index (κ1) is 17.5. The lowest BCUT2D eigenvalue weighted by Gasteiger charge is -2.30. The smallest absolute Gasteiger partial charge is 0.304 e. The van der Waals surface area contributed by atoms with E-state index in [0.29, 0.717) is 5.75 Å². The molecule has 0 fully saturated rings. The highest BCUT2D eigenvalue weighted by Gasteiger charge is 2.31. The quantitative estimate of drug-likeness (QED) is 0.836. The fourth-order valence-corrected chi connectivity index (χ4v) is 3.20. The third-order valence-electron chi connectivity index (χ3n) is 3.07. The van der Waals surface area contributed by atoms with Crippen molar-refractivity contribution in [3.05, 3.63) is 24.3 Å². The maximum Gasteiger partial charge on any atom is 0.304 e. The number of rotatable bonds is 6. The molecule has 0 spiro atoms. The van der Waals surface area contributed by atoms with E-state index in [2.05, 4.69) is 4.72 Å². The van der Waals surface area contributed by atoms with Gasteiger partial charge in [0.05, 0.1) is 18.4 Å². The van der Waals surface area contributed by atoms with Gasteiger partial charge in [-0.05, 0) is 17.5 Å². The monoisotopic (exact) mass is 315 g/mol. The average molecular weight is 315 g/mol. The van der Waals surface area contributed by atoms with E-state index < -0.39 is 27.4 Å². The Morgan fingerprint density at radius 3 is 2.48 bits per heavy atom. The molecule has 1 atom stereocenters. The standard InChI is InChI=1S/C14H21NO5S/c1-14(2,3)12(9-13(16)17)15-21(18,19)11-7-5-6-10(8-11)20-4/h5-8,12,15H,9H2,1-4H3,(H,16,17). The number of sulfonamides is 1. The highest BCUT2D eigenvalue weighted by atomic mass is 32.2. The maximum absolute atomic E-state index is 12.4. The summed E-state index contributed by atoms with van der Waals surface area (Å²) >= 11 is 0. The maximum atomic E-state index is 12.4. The molecule has 0 radical (unpaired) electrons. The molecule has 1 aromatic carbocycles. The second-order valence-electron chi connectivity index (χ2n) is 5.82. The normalized spacial score (nSPS) is 13.7. The van der Waals surface area contributed by atoms with E-state index in [1.54, 1.807) is 32.9 Å². The zero-order valence-corrected chi connectivity index (χ0v) is 13.4. The molecule has 0 saturated carbocycles. The molecule has 0 heterocycles. The van der Waals surface area contributed by atoms with Gasteiger partial charge >= 0.3 is 5.97 Å². The van der Waals surface area contributed by atoms with Crippen molar-refractivity contribution >= 4 is 16.0 Å². The number of aliphatic carboxylic acids is 1. The first-order valence-corrected chi connectivity index (χ1v) is 7.93. The van der Waals surface area contributed by atoms with E-state index in [-0.39, 0.29) is 11.3 Å². The lowest BCUT2D eigenvalue weighted by atomic mass is 9.85. The molecule has 0 aliphatic heterocycles. The molecular formula is C14H21NO5S. The summed E-state index contributed by atoms with van der Waals surface area (Å²) in [5.41, 5.74) is -0.523. The van der Waals surface area contributed by atoms with E-state index in [4.69, 9.17) is 9.84 Å². The van der Waals surface area contributed by atoms with Crippen LogP contribution in [-0.2, 0) is 14.8 Å². The molecule has 118 valence electrons. The molecule has 6 nitrogen and oxygen atoms in total. The summed E-state index contributed by atoms with van der Waals surface area (Å²) in [5, 5.41) is 8.94. The van der Waals surface area contributed by atoms with Crippen molar-refractivity contribution in [1.29, 1.82) is 0 Å². The fraction of sp³-hybridized carbons (Fsp3) is 0.500. The van der Waals surface area contributed by atoms with Crippen molar-refractivity contribution in [3.63, 3.8) is 0 Å². The highest BCUT2D eigenvalue weighted by Crippen LogP contribution is 2.25. The lowest BCUT2D eigenvalue weighted by molar-refractivity contribution is -0.138. The van der Waals surface area contributed by atoms with E-state index in [1.807, 2.05) is 0 Å². The van der Waals surface area contributed by atoms with Gasteiger partial charge in [0.25, 0.3) is 0 Å². The number of hydrogen-bond acceptors (Lipinski definition) is 4. The predicted octanol–water partition coefficient (Wildman–Crippen LogP) is 1.86. The zero-order chi connectivity index (χ0) is 16.3. The summed E-state index contributed by atoms with van der Waals surface area (Å²) in [7, 11) is -2.37. The summed E-state index contributed by atoms with van der Waals surface area (Å²) < 4.78 is 32.2. The number of carbonyl (C=O) groups is 1. The van der Waals surface area contributed by atoms with Gasteiger partial charge in [0.2, 0.25) is 10.0 Å². The Bertz CT molecular complexity index is 604. The highest BCUT2D eigenvalue weighted by molar-refractivity contribution is 7.89. The zero-order valence-electron chi connectivity index (χ0n) is 12.6. The molecule has 0 bridgehead atoms. The van der Waals surface area contributed by atoms with Crippen LogP contribution in [0.15, 0.2) is 29.2 Å². The van der Waals surface area contributed by atoms with Crippen LogP contribution in [0.2, 0.25) is 0 Å². The summed E-state index contributed by atoms with van der Waals surface area (Å²) in [6, 6.07) is 5.31. The number of nitrogens with one attached hydrogen (secondary N) is 1. The van der Waals surface area contributed by atoms with Crippen LogP contribution >= 0.6 is 0 Å². The Labute approximate surface area is 125 Å². The summed E-state index contributed by atoms with van der Waals surface area (Å²) in [6.45, 7) is 5.36. The number of benzene rings is 1. The Morgan fingerprint density at radius 2 is 2.00 bits per heavy atom. The minimum absolute atomic E-state index is 0.0430. The van der Waals surface area contributed by atoms with Crippen LogP contribution in [0.1, 0.15) is 27.2 Å². The van der Waals surface area contributed by atoms with E-state index in [9.17, 15) is 13.2 Å². The van der Waals surface area contributed by atoms with Gasteiger partial charge in [-0.1, -0.05) is 26.8 Å². The number of methoxy groups -OCH3 is 1. The first-order chi connectivity index (χ1) is 9.56. The molecule has 1 rings (SSSR count). The summed E-state index contributed by atoms with van der Waals surface area (Å²) in [5.74, 6) is -0.633. The van der Waals surface area contributed by atoms with Crippen LogP contribution in [-0.4, -0.2) is 32.6 Å². The van der Waals surface area contributed by atoms with Gasteiger partial charge < -0.3 is 9.84 Å². The number of ether oxygens (including phenoxy) is 1. The van der Waals surface area contributed by atoms with Crippen molar-refractivity contribution in [3.8, 4) is 5.75 Å². The van der Waals surface area contributed by atoms with Gasteiger partial charge in [0.15, 0.2) is 0 Å². The summed E-state index contributed by atoms with van der Waals surface area (Å²) in [4.78, 5) is 11.0. The molecule has 2 N–H and O–H groups in total. The molecule has 1 aromatic rings. The minimum Gasteiger partial charge on any atom is -0.497 e. The molecule has 7 heteroatoms. The molecule has 1 unspecified atom stereocenters. The first-order valence-electron chi connectivity index (χ1n) is 6.44. The van der Waals surface area contributed by atoms with Gasteiger partial charge in [0.1, 0.15) is 5.75 Å². The molecule has 0 saturated heterocycles. The Balaban J connectivity index is 3.08. The Morgan fingerprint density at radius 1 is 1.38 bits per heavy atom. The van der Waals surface area contributed by atoms with E-state index in [1.165, 1.54) is 19.2 Å². The van der Waals surface area contributed by atoms with Gasteiger partial charge in [-0.2, -0.15) is 0 Å². The number of carboxylic acids is 1. The predicted molar refractivity (Wildman–Crippen MR) is 78.8 cm³/mol. The average Bonchev–Trinajstić information content (AvgIpc) is 2.36. The van der Waals surface area contributed by atoms with Crippen LogP contribution in [0.5, 0.6) is 5.75 Å². The minimum atomic E-state index is -3.81. The third-order valence-corrected chi connectivity index (χ3v) is 4.54. The molecule has 21 heavy (non-hydrogen) atoms. The Kier molecular flexibility index (Phi) is 5.36. The second-order valence-corrected chi connectivity index (χ2v) is 7.53.